The molecular formula is C32H37F4N3O6. The molecule has 5 rings (SSSR count). The van der Waals surface area contributed by atoms with Gasteiger partial charge in [-0.05, 0) is 67.3 Å². The molecule has 3 N–H and O–H groups in total. The molecule has 45 heavy (non-hydrogen) atoms. The number of nitrogens with one attached hydrogen (secondary N) is 2. The number of rotatable bonds is 9. The third-order valence-corrected chi connectivity index (χ3v) is 8.96. The fourth-order valence-corrected chi connectivity index (χ4v) is 6.54. The number of carboxylic acids is 1. The van der Waals surface area contributed by atoms with Crippen molar-refractivity contribution in [1.82, 2.24) is 10.2 Å². The lowest BCUT2D eigenvalue weighted by molar-refractivity contribution is -0.391. The summed E-state index contributed by atoms with van der Waals surface area (Å²) in [7, 11) is 0. The Balaban J connectivity index is 1.29. The van der Waals surface area contributed by atoms with Crippen molar-refractivity contribution in [1.29, 1.82) is 0 Å². The molecule has 2 fully saturated rings. The zero-order valence-corrected chi connectivity index (χ0v) is 24.7. The molecule has 1 heterocycles. The monoisotopic (exact) mass is 635 g/mol. The SMILES string of the molecule is O=C(O)CCNC(=O)c1ccc(CN(C(=O)Nc2ccc3c(c2)OC(F)(F)C(F)(F)O3)C2CCC(C3CCCCC3)CC2)cc1. The van der Waals surface area contributed by atoms with Gasteiger partial charge in [-0.1, -0.05) is 44.2 Å². The van der Waals surface area contributed by atoms with Crippen LogP contribution in [0, 0.1) is 11.8 Å². The maximum atomic E-state index is 13.8. The van der Waals surface area contributed by atoms with Crippen LogP contribution in [0.1, 0.15) is 80.1 Å². The van der Waals surface area contributed by atoms with Crippen LogP contribution in [0.25, 0.3) is 0 Å². The number of nitrogens with zero attached hydrogens (tertiary/aromatic N) is 1. The Morgan fingerprint density at radius 1 is 0.822 bits per heavy atom. The van der Waals surface area contributed by atoms with Gasteiger partial charge in [-0.25, -0.2) is 4.79 Å². The minimum Gasteiger partial charge on any atom is -0.481 e. The molecule has 13 heteroatoms. The smallest absolute Gasteiger partial charge is 0.481 e. The quantitative estimate of drug-likeness (QED) is 0.255. The fraction of sp³-hybridized carbons (Fsp3) is 0.531. The van der Waals surface area contributed by atoms with Gasteiger partial charge >= 0.3 is 24.2 Å². The highest BCUT2D eigenvalue weighted by Gasteiger charge is 2.66. The molecule has 0 aromatic heterocycles. The van der Waals surface area contributed by atoms with E-state index in [1.54, 1.807) is 29.2 Å². The summed E-state index contributed by atoms with van der Waals surface area (Å²) in [5, 5.41) is 14.0. The second-order valence-corrected chi connectivity index (χ2v) is 12.0. The fourth-order valence-electron chi connectivity index (χ4n) is 6.54. The molecule has 1 aliphatic heterocycles. The standard InChI is InChI=1S/C32H37F4N3O6/c33-31(34)32(35,36)45-27-18-24(12-15-26(27)44-31)38-30(43)39(25-13-10-22(11-14-25)21-4-2-1-3-5-21)19-20-6-8-23(9-7-20)29(42)37-17-16-28(40)41/h6-9,12,15,18,21-22,25H,1-5,10-11,13-14,16-17,19H2,(H,37,42)(H,38,43)(H,40,41). The molecule has 0 bridgehead atoms. The number of ether oxygens (including phenoxy) is 2. The van der Waals surface area contributed by atoms with E-state index < -0.39 is 41.6 Å². The van der Waals surface area contributed by atoms with Gasteiger partial charge in [0.2, 0.25) is 0 Å². The Hall–Kier alpha value is -4.03. The van der Waals surface area contributed by atoms with E-state index in [0.29, 0.717) is 17.4 Å². The second-order valence-electron chi connectivity index (χ2n) is 12.0. The average Bonchev–Trinajstić information content (AvgIpc) is 3.01. The summed E-state index contributed by atoms with van der Waals surface area (Å²) in [5.41, 5.74) is 1.15. The predicted molar refractivity (Wildman–Crippen MR) is 156 cm³/mol. The molecule has 3 aliphatic rings. The number of alkyl halides is 4. The summed E-state index contributed by atoms with van der Waals surface area (Å²) in [6.45, 7) is 0.188. The van der Waals surface area contributed by atoms with Crippen LogP contribution in [0.3, 0.4) is 0 Å². The molecule has 0 atom stereocenters. The second kappa shape index (κ2) is 13.5. The van der Waals surface area contributed by atoms with Crippen LogP contribution >= 0.6 is 0 Å². The van der Waals surface area contributed by atoms with Crippen molar-refractivity contribution in [3.8, 4) is 11.5 Å². The summed E-state index contributed by atoms with van der Waals surface area (Å²) < 4.78 is 63.1. The van der Waals surface area contributed by atoms with Crippen molar-refractivity contribution in [3.63, 3.8) is 0 Å². The summed E-state index contributed by atoms with van der Waals surface area (Å²) in [5.74, 6) is -1.32. The Kier molecular flexibility index (Phi) is 9.73. The van der Waals surface area contributed by atoms with E-state index in [-0.39, 0.29) is 31.2 Å². The number of carbonyl (C=O) groups is 3. The van der Waals surface area contributed by atoms with Crippen molar-refractivity contribution in [2.24, 2.45) is 11.8 Å². The maximum absolute atomic E-state index is 13.8. The van der Waals surface area contributed by atoms with Crippen LogP contribution in [-0.2, 0) is 11.3 Å². The number of carbonyl (C=O) groups excluding carboxylic acids is 2. The normalized spacial score (nSPS) is 22.2. The number of halogens is 4. The van der Waals surface area contributed by atoms with Crippen molar-refractivity contribution in [2.45, 2.75) is 89.0 Å². The van der Waals surface area contributed by atoms with Crippen LogP contribution < -0.4 is 20.1 Å². The van der Waals surface area contributed by atoms with Crippen molar-refractivity contribution < 1.29 is 46.5 Å². The van der Waals surface area contributed by atoms with Gasteiger partial charge in [-0.3, -0.25) is 9.59 Å². The minimum atomic E-state index is -4.88. The number of urea groups is 1. The molecule has 0 spiro atoms. The Morgan fingerprint density at radius 2 is 1.44 bits per heavy atom. The summed E-state index contributed by atoms with van der Waals surface area (Å²) in [4.78, 5) is 38.5. The molecular weight excluding hydrogens is 598 g/mol. The number of fused-ring (bicyclic) bond motifs is 1. The minimum absolute atomic E-state index is 0.00662. The van der Waals surface area contributed by atoms with Crippen LogP contribution in [0.2, 0.25) is 0 Å². The molecule has 0 saturated heterocycles. The molecule has 2 saturated carbocycles. The Bertz CT molecular complexity index is 1380. The molecule has 2 aromatic rings. The van der Waals surface area contributed by atoms with E-state index in [1.807, 2.05) is 0 Å². The first kappa shape index (κ1) is 32.4. The summed E-state index contributed by atoms with van der Waals surface area (Å²) in [6.07, 6.45) is -0.0886. The Morgan fingerprint density at radius 3 is 2.09 bits per heavy atom. The average molecular weight is 636 g/mol. The lowest BCUT2D eigenvalue weighted by atomic mass is 9.72. The number of anilines is 1. The molecule has 3 amide bonds. The number of carboxylic acid groups (broad SMARTS) is 1. The molecule has 9 nitrogen and oxygen atoms in total. The first-order valence-corrected chi connectivity index (χ1v) is 15.4. The number of aliphatic carboxylic acids is 1. The molecule has 0 radical (unpaired) electrons. The van der Waals surface area contributed by atoms with Crippen LogP contribution in [0.4, 0.5) is 28.0 Å². The van der Waals surface area contributed by atoms with Gasteiger partial charge in [0.25, 0.3) is 5.91 Å². The van der Waals surface area contributed by atoms with E-state index in [1.165, 1.54) is 38.2 Å². The number of amides is 3. The Labute approximate surface area is 258 Å². The highest BCUT2D eigenvalue weighted by molar-refractivity contribution is 5.94. The van der Waals surface area contributed by atoms with E-state index in [2.05, 4.69) is 20.1 Å². The molecule has 2 aliphatic carbocycles. The number of hydrogen-bond acceptors (Lipinski definition) is 5. The van der Waals surface area contributed by atoms with Gasteiger partial charge in [0.15, 0.2) is 11.5 Å². The molecule has 2 aromatic carbocycles. The van der Waals surface area contributed by atoms with Gasteiger partial charge in [0, 0.05) is 36.4 Å². The lowest BCUT2D eigenvalue weighted by Gasteiger charge is -2.40. The van der Waals surface area contributed by atoms with Crippen molar-refractivity contribution in [2.75, 3.05) is 11.9 Å². The number of benzene rings is 2. The van der Waals surface area contributed by atoms with Crippen LogP contribution in [0.5, 0.6) is 11.5 Å². The van der Waals surface area contributed by atoms with Crippen molar-refractivity contribution >= 4 is 23.6 Å². The van der Waals surface area contributed by atoms with Gasteiger partial charge in [-0.2, -0.15) is 17.6 Å². The molecule has 0 unspecified atom stereocenters. The zero-order valence-electron chi connectivity index (χ0n) is 24.7. The van der Waals surface area contributed by atoms with Gasteiger partial charge < -0.3 is 30.1 Å². The van der Waals surface area contributed by atoms with Crippen molar-refractivity contribution in [3.05, 3.63) is 53.6 Å². The highest BCUT2D eigenvalue weighted by Crippen LogP contribution is 2.47. The number of hydrogen-bond donors (Lipinski definition) is 3. The third kappa shape index (κ3) is 7.80. The largest absolute Gasteiger partial charge is 0.507 e. The van der Waals surface area contributed by atoms with Gasteiger partial charge in [0.05, 0.1) is 6.42 Å². The topological polar surface area (TPSA) is 117 Å². The predicted octanol–water partition coefficient (Wildman–Crippen LogP) is 7.02. The van der Waals surface area contributed by atoms with E-state index in [9.17, 15) is 31.9 Å². The first-order chi connectivity index (χ1) is 21.4. The zero-order chi connectivity index (χ0) is 32.2. The van der Waals surface area contributed by atoms with E-state index in [0.717, 1.165) is 43.4 Å². The van der Waals surface area contributed by atoms with Gasteiger partial charge in [0.1, 0.15) is 0 Å². The molecule has 244 valence electrons. The van der Waals surface area contributed by atoms with Crippen LogP contribution in [-0.4, -0.2) is 52.7 Å². The van der Waals surface area contributed by atoms with E-state index >= 15 is 0 Å². The first-order valence-electron chi connectivity index (χ1n) is 15.4. The van der Waals surface area contributed by atoms with Crippen LogP contribution in [0.15, 0.2) is 42.5 Å². The summed E-state index contributed by atoms with van der Waals surface area (Å²) in [6, 6.07) is 9.34. The lowest BCUT2D eigenvalue weighted by Crippen LogP contribution is -2.52. The van der Waals surface area contributed by atoms with E-state index in [4.69, 9.17) is 5.11 Å². The highest BCUT2D eigenvalue weighted by atomic mass is 19.3. The third-order valence-electron chi connectivity index (χ3n) is 8.96. The summed E-state index contributed by atoms with van der Waals surface area (Å²) >= 11 is 0. The maximum Gasteiger partial charge on any atom is 0.507 e. The van der Waals surface area contributed by atoms with Gasteiger partial charge in [-0.15, -0.1) is 0 Å².